The van der Waals surface area contributed by atoms with Crippen LogP contribution in [0.1, 0.15) is 38.0 Å². The van der Waals surface area contributed by atoms with E-state index in [1.807, 2.05) is 13.0 Å². The van der Waals surface area contributed by atoms with Gasteiger partial charge in [-0.3, -0.25) is 0 Å². The van der Waals surface area contributed by atoms with Gasteiger partial charge in [0.1, 0.15) is 4.21 Å². The van der Waals surface area contributed by atoms with Crippen molar-refractivity contribution >= 4 is 21.4 Å². The minimum atomic E-state index is -3.30. The first kappa shape index (κ1) is 16.6. The Bertz CT molecular complexity index is 469. The summed E-state index contributed by atoms with van der Waals surface area (Å²) in [4.78, 5) is 1.06. The molecule has 0 aliphatic carbocycles. The van der Waals surface area contributed by atoms with E-state index in [9.17, 15) is 8.42 Å². The molecule has 0 aromatic carbocycles. The average molecular weight is 304 g/mol. The van der Waals surface area contributed by atoms with E-state index in [0.29, 0.717) is 10.8 Å². The predicted octanol–water partition coefficient (Wildman–Crippen LogP) is 2.67. The van der Waals surface area contributed by atoms with Gasteiger partial charge in [0, 0.05) is 25.0 Å². The highest BCUT2D eigenvalue weighted by atomic mass is 32.2. The molecule has 110 valence electrons. The smallest absolute Gasteiger partial charge is 0.252 e. The molecule has 1 N–H and O–H groups in total. The van der Waals surface area contributed by atoms with Crippen LogP contribution in [0.15, 0.2) is 16.3 Å². The zero-order valence-electron chi connectivity index (χ0n) is 12.0. The Balaban J connectivity index is 2.68. The lowest BCUT2D eigenvalue weighted by atomic mass is 10.2. The van der Waals surface area contributed by atoms with Crippen LogP contribution in [0.25, 0.3) is 0 Å². The van der Waals surface area contributed by atoms with Gasteiger partial charge in [0.25, 0.3) is 10.0 Å². The van der Waals surface area contributed by atoms with Crippen molar-refractivity contribution in [3.05, 3.63) is 17.0 Å². The summed E-state index contributed by atoms with van der Waals surface area (Å²) in [5.74, 6) is 0. The Morgan fingerprint density at radius 3 is 2.63 bits per heavy atom. The zero-order valence-corrected chi connectivity index (χ0v) is 13.6. The fourth-order valence-electron chi connectivity index (χ4n) is 1.70. The lowest BCUT2D eigenvalue weighted by Crippen LogP contribution is -2.27. The van der Waals surface area contributed by atoms with Gasteiger partial charge in [-0.05, 0) is 25.1 Å². The number of unbranched alkanes of at least 4 members (excludes halogenated alkanes) is 2. The van der Waals surface area contributed by atoms with Gasteiger partial charge in [-0.1, -0.05) is 26.7 Å². The van der Waals surface area contributed by atoms with E-state index in [0.717, 1.165) is 37.2 Å². The van der Waals surface area contributed by atoms with Gasteiger partial charge in [0.15, 0.2) is 0 Å². The summed E-state index contributed by atoms with van der Waals surface area (Å²) in [6.07, 6.45) is 3.08. The lowest BCUT2D eigenvalue weighted by molar-refractivity contribution is 0.456. The molecule has 19 heavy (non-hydrogen) atoms. The minimum absolute atomic E-state index is 0.444. The van der Waals surface area contributed by atoms with Crippen molar-refractivity contribution in [2.75, 3.05) is 20.1 Å². The number of hydrogen-bond acceptors (Lipinski definition) is 4. The van der Waals surface area contributed by atoms with Crippen LogP contribution in [-0.4, -0.2) is 32.9 Å². The summed E-state index contributed by atoms with van der Waals surface area (Å²) in [6, 6.07) is 3.60. The first-order valence-electron chi connectivity index (χ1n) is 6.78. The van der Waals surface area contributed by atoms with Crippen LogP contribution in [0, 0.1) is 0 Å². The van der Waals surface area contributed by atoms with Crippen LogP contribution in [0.5, 0.6) is 0 Å². The minimum Gasteiger partial charge on any atom is -0.312 e. The van der Waals surface area contributed by atoms with Crippen molar-refractivity contribution in [3.63, 3.8) is 0 Å². The molecule has 1 rings (SSSR count). The highest BCUT2D eigenvalue weighted by Crippen LogP contribution is 2.24. The summed E-state index contributed by atoms with van der Waals surface area (Å²) in [6.45, 7) is 6.36. The summed E-state index contributed by atoms with van der Waals surface area (Å²) < 4.78 is 26.6. The number of rotatable bonds is 9. The number of hydrogen-bond donors (Lipinski definition) is 1. The molecule has 0 atom stereocenters. The van der Waals surface area contributed by atoms with Crippen molar-refractivity contribution in [2.45, 2.75) is 43.9 Å². The normalized spacial score (nSPS) is 12.2. The second kappa shape index (κ2) is 7.99. The van der Waals surface area contributed by atoms with Crippen LogP contribution in [0.3, 0.4) is 0 Å². The molecule has 0 unspecified atom stereocenters. The van der Waals surface area contributed by atoms with Crippen LogP contribution < -0.4 is 5.32 Å². The zero-order chi connectivity index (χ0) is 14.3. The molecule has 0 saturated heterocycles. The van der Waals surface area contributed by atoms with E-state index in [1.165, 1.54) is 15.6 Å². The molecule has 0 radical (unpaired) electrons. The largest absolute Gasteiger partial charge is 0.312 e. The van der Waals surface area contributed by atoms with E-state index in [1.54, 1.807) is 13.1 Å². The van der Waals surface area contributed by atoms with Gasteiger partial charge in [-0.2, -0.15) is 0 Å². The first-order valence-corrected chi connectivity index (χ1v) is 9.03. The van der Waals surface area contributed by atoms with Gasteiger partial charge < -0.3 is 5.32 Å². The Morgan fingerprint density at radius 1 is 1.26 bits per heavy atom. The number of nitrogens with zero attached hydrogens (tertiary/aromatic N) is 1. The maximum absolute atomic E-state index is 12.3. The highest BCUT2D eigenvalue weighted by molar-refractivity contribution is 7.91. The first-order chi connectivity index (χ1) is 9.02. The van der Waals surface area contributed by atoms with Gasteiger partial charge in [-0.25, -0.2) is 12.7 Å². The molecule has 0 fully saturated rings. The number of sulfonamides is 1. The predicted molar refractivity (Wildman–Crippen MR) is 81.0 cm³/mol. The van der Waals surface area contributed by atoms with Crippen LogP contribution in [0.4, 0.5) is 0 Å². The Morgan fingerprint density at radius 2 is 2.00 bits per heavy atom. The van der Waals surface area contributed by atoms with Gasteiger partial charge in [-0.15, -0.1) is 11.3 Å². The molecule has 0 bridgehead atoms. The third kappa shape index (κ3) is 4.87. The Labute approximate surface area is 120 Å². The quantitative estimate of drug-likeness (QED) is 0.714. The van der Waals surface area contributed by atoms with Gasteiger partial charge in [0.05, 0.1) is 0 Å². The molecule has 0 aliphatic rings. The molecule has 1 heterocycles. The summed E-state index contributed by atoms with van der Waals surface area (Å²) in [5, 5.41) is 3.20. The average Bonchev–Trinajstić information content (AvgIpc) is 2.85. The third-order valence-corrected chi connectivity index (χ3v) is 6.34. The molecule has 4 nitrogen and oxygen atoms in total. The van der Waals surface area contributed by atoms with E-state index in [-0.39, 0.29) is 0 Å². The number of thiophene rings is 1. The van der Waals surface area contributed by atoms with Crippen LogP contribution in [0.2, 0.25) is 0 Å². The monoisotopic (exact) mass is 304 g/mol. The summed E-state index contributed by atoms with van der Waals surface area (Å²) >= 11 is 1.36. The molecule has 1 aromatic heterocycles. The number of nitrogens with one attached hydrogen (secondary N) is 1. The van der Waals surface area contributed by atoms with Crippen LogP contribution in [-0.2, 0) is 16.6 Å². The topological polar surface area (TPSA) is 49.4 Å². The fraction of sp³-hybridized carbons (Fsp3) is 0.692. The van der Waals surface area contributed by atoms with Crippen molar-refractivity contribution in [3.8, 4) is 0 Å². The highest BCUT2D eigenvalue weighted by Gasteiger charge is 2.22. The molecule has 0 amide bonds. The van der Waals surface area contributed by atoms with Gasteiger partial charge in [0.2, 0.25) is 0 Å². The molecule has 0 saturated carbocycles. The Kier molecular flexibility index (Phi) is 6.99. The standard InChI is InChI=1S/C13H24N2O2S2/c1-4-6-7-10-15(3)19(16,17)13-9-8-12(18-13)11-14-5-2/h8-9,14H,4-7,10-11H2,1-3H3. The molecule has 6 heteroatoms. The fourth-order valence-corrected chi connectivity index (χ4v) is 4.44. The van der Waals surface area contributed by atoms with E-state index >= 15 is 0 Å². The van der Waals surface area contributed by atoms with E-state index in [2.05, 4.69) is 12.2 Å². The molecule has 1 aromatic rings. The van der Waals surface area contributed by atoms with E-state index < -0.39 is 10.0 Å². The third-order valence-electron chi connectivity index (χ3n) is 2.93. The van der Waals surface area contributed by atoms with Crippen molar-refractivity contribution < 1.29 is 8.42 Å². The lowest BCUT2D eigenvalue weighted by Gasteiger charge is -2.15. The maximum Gasteiger partial charge on any atom is 0.252 e. The SMILES string of the molecule is CCCCCN(C)S(=O)(=O)c1ccc(CNCC)s1. The summed E-state index contributed by atoms with van der Waals surface area (Å²) in [5.41, 5.74) is 0. The molecular weight excluding hydrogens is 280 g/mol. The van der Waals surface area contributed by atoms with Crippen molar-refractivity contribution in [2.24, 2.45) is 0 Å². The molecule has 0 aliphatic heterocycles. The molecular formula is C13H24N2O2S2. The Hall–Kier alpha value is -0.430. The van der Waals surface area contributed by atoms with Gasteiger partial charge >= 0.3 is 0 Å². The molecule has 0 spiro atoms. The second-order valence-corrected chi connectivity index (χ2v) is 7.97. The van der Waals surface area contributed by atoms with Crippen molar-refractivity contribution in [1.82, 2.24) is 9.62 Å². The summed E-state index contributed by atoms with van der Waals surface area (Å²) in [7, 11) is -1.64. The van der Waals surface area contributed by atoms with E-state index in [4.69, 9.17) is 0 Å². The van der Waals surface area contributed by atoms with Crippen LogP contribution >= 0.6 is 11.3 Å². The maximum atomic E-state index is 12.3. The van der Waals surface area contributed by atoms with Crippen molar-refractivity contribution in [1.29, 1.82) is 0 Å². The second-order valence-electron chi connectivity index (χ2n) is 4.53.